The van der Waals surface area contributed by atoms with E-state index in [4.69, 9.17) is 5.73 Å². The van der Waals surface area contributed by atoms with Crippen LogP contribution < -0.4 is 5.73 Å². The van der Waals surface area contributed by atoms with Crippen molar-refractivity contribution in [2.75, 3.05) is 0 Å². The van der Waals surface area contributed by atoms with Gasteiger partial charge in [0.1, 0.15) is 5.75 Å². The predicted octanol–water partition coefficient (Wildman–Crippen LogP) is 1.79. The fraction of sp³-hybridized carbons (Fsp3) is 0.333. The highest BCUT2D eigenvalue weighted by molar-refractivity contribution is 5.41. The molecule has 0 saturated carbocycles. The van der Waals surface area contributed by atoms with Gasteiger partial charge in [-0.2, -0.15) is 0 Å². The van der Waals surface area contributed by atoms with E-state index in [0.717, 1.165) is 16.7 Å². The van der Waals surface area contributed by atoms with Crippen molar-refractivity contribution < 1.29 is 5.11 Å². The summed E-state index contributed by atoms with van der Waals surface area (Å²) < 4.78 is 0. The number of phenols is 1. The molecule has 2 heteroatoms. The molecular weight excluding hydrogens is 138 g/mol. The molecule has 1 aromatic carbocycles. The zero-order valence-corrected chi connectivity index (χ0v) is 6.81. The Morgan fingerprint density at radius 1 is 1.27 bits per heavy atom. The molecule has 2 N–H and O–H groups in total. The number of nitrogens with one attached hydrogen (secondary N) is 1. The fourth-order valence-electron chi connectivity index (χ4n) is 1.15. The number of rotatable bonds is 1. The minimum atomic E-state index is 0.280. The van der Waals surface area contributed by atoms with Crippen LogP contribution in [0, 0.1) is 13.8 Å². The smallest absolute Gasteiger partial charge is 0.121 e. The van der Waals surface area contributed by atoms with Crippen molar-refractivity contribution in [1.82, 2.24) is 5.73 Å². The van der Waals surface area contributed by atoms with Crippen molar-refractivity contribution in [1.29, 1.82) is 0 Å². The largest absolute Gasteiger partial charge is 0.507 e. The minimum absolute atomic E-state index is 0.280. The number of hydrogen-bond acceptors (Lipinski definition) is 1. The maximum Gasteiger partial charge on any atom is 0.121 e. The van der Waals surface area contributed by atoms with E-state index in [2.05, 4.69) is 0 Å². The van der Waals surface area contributed by atoms with Gasteiger partial charge in [-0.15, -0.1) is 0 Å². The Bertz CT molecular complexity index is 245. The Morgan fingerprint density at radius 3 is 2.09 bits per heavy atom. The molecule has 1 rings (SSSR count). The number of aryl methyl sites for hydroxylation is 2. The molecule has 0 bridgehead atoms. The Labute approximate surface area is 66.7 Å². The van der Waals surface area contributed by atoms with E-state index in [1.165, 1.54) is 0 Å². The molecule has 1 aromatic rings. The van der Waals surface area contributed by atoms with Crippen molar-refractivity contribution in [3.05, 3.63) is 28.8 Å². The molecule has 0 aliphatic carbocycles. The Balaban J connectivity index is 3.21. The third-order valence-electron chi connectivity index (χ3n) is 1.75. The van der Waals surface area contributed by atoms with Crippen LogP contribution in [-0.4, -0.2) is 5.11 Å². The molecule has 2 nitrogen and oxygen atoms in total. The lowest BCUT2D eigenvalue weighted by molar-refractivity contribution is 0.466. The van der Waals surface area contributed by atoms with Crippen LogP contribution >= 0.6 is 0 Å². The van der Waals surface area contributed by atoms with Crippen molar-refractivity contribution in [2.45, 2.75) is 20.4 Å². The Kier molecular flexibility index (Phi) is 2.15. The third kappa shape index (κ3) is 1.52. The maximum absolute atomic E-state index is 9.37. The van der Waals surface area contributed by atoms with Crippen LogP contribution in [0.4, 0.5) is 0 Å². The topological polar surface area (TPSA) is 44.0 Å². The van der Waals surface area contributed by atoms with E-state index in [0.29, 0.717) is 5.75 Å². The summed E-state index contributed by atoms with van der Waals surface area (Å²) in [5.74, 6) is 0.349. The van der Waals surface area contributed by atoms with Gasteiger partial charge in [0.15, 0.2) is 0 Å². The van der Waals surface area contributed by atoms with Crippen LogP contribution in [0.25, 0.3) is 0 Å². The van der Waals surface area contributed by atoms with Crippen LogP contribution in [0.1, 0.15) is 16.7 Å². The maximum atomic E-state index is 9.37. The van der Waals surface area contributed by atoms with Gasteiger partial charge in [0.2, 0.25) is 0 Å². The molecule has 0 fully saturated rings. The van der Waals surface area contributed by atoms with Gasteiger partial charge < -0.3 is 5.11 Å². The molecule has 0 saturated heterocycles. The van der Waals surface area contributed by atoms with Crippen molar-refractivity contribution in [3.8, 4) is 5.75 Å². The molecule has 0 amide bonds. The SMILES string of the molecule is Cc1cc(C[NH])cc(C)c1O. The highest BCUT2D eigenvalue weighted by Gasteiger charge is 2.01. The average molecular weight is 150 g/mol. The fourth-order valence-corrected chi connectivity index (χ4v) is 1.15. The number of aromatic hydroxyl groups is 1. The lowest BCUT2D eigenvalue weighted by Gasteiger charge is -2.04. The van der Waals surface area contributed by atoms with Gasteiger partial charge in [-0.25, -0.2) is 0 Å². The number of benzene rings is 1. The Hall–Kier alpha value is -1.02. The van der Waals surface area contributed by atoms with Crippen LogP contribution in [0.15, 0.2) is 12.1 Å². The Morgan fingerprint density at radius 2 is 1.73 bits per heavy atom. The van der Waals surface area contributed by atoms with Crippen LogP contribution in [0.2, 0.25) is 0 Å². The predicted molar refractivity (Wildman–Crippen MR) is 44.4 cm³/mol. The van der Waals surface area contributed by atoms with E-state index in [1.54, 1.807) is 0 Å². The van der Waals surface area contributed by atoms with Gasteiger partial charge >= 0.3 is 0 Å². The van der Waals surface area contributed by atoms with Gasteiger partial charge in [0, 0.05) is 6.54 Å². The molecule has 1 radical (unpaired) electrons. The van der Waals surface area contributed by atoms with Crippen molar-refractivity contribution >= 4 is 0 Å². The van der Waals surface area contributed by atoms with Gasteiger partial charge in [0.25, 0.3) is 0 Å². The van der Waals surface area contributed by atoms with E-state index in [-0.39, 0.29) is 6.54 Å². The van der Waals surface area contributed by atoms with E-state index in [1.807, 2.05) is 26.0 Å². The lowest BCUT2D eigenvalue weighted by atomic mass is 10.1. The second-order valence-electron chi connectivity index (χ2n) is 2.75. The summed E-state index contributed by atoms with van der Waals surface area (Å²) in [6.07, 6.45) is 0. The second kappa shape index (κ2) is 2.93. The first-order chi connectivity index (χ1) is 5.15. The van der Waals surface area contributed by atoms with E-state index < -0.39 is 0 Å². The van der Waals surface area contributed by atoms with E-state index >= 15 is 0 Å². The summed E-state index contributed by atoms with van der Waals surface area (Å²) in [6.45, 7) is 3.98. The highest BCUT2D eigenvalue weighted by Crippen LogP contribution is 2.22. The molecular formula is C9H12NO. The first kappa shape index (κ1) is 8.08. The molecule has 11 heavy (non-hydrogen) atoms. The zero-order chi connectivity index (χ0) is 8.43. The van der Waals surface area contributed by atoms with Gasteiger partial charge in [-0.1, -0.05) is 12.1 Å². The molecule has 0 aromatic heterocycles. The summed E-state index contributed by atoms with van der Waals surface area (Å²) >= 11 is 0. The normalized spacial score (nSPS) is 10.1. The molecule has 0 aliphatic heterocycles. The standard InChI is InChI=1S/C9H12NO/c1-6-3-8(5-10)4-7(2)9(6)11/h3-4,10-11H,5H2,1-2H3. The summed E-state index contributed by atoms with van der Waals surface area (Å²) in [5.41, 5.74) is 9.79. The summed E-state index contributed by atoms with van der Waals surface area (Å²) in [7, 11) is 0. The van der Waals surface area contributed by atoms with E-state index in [9.17, 15) is 5.11 Å². The molecule has 0 unspecified atom stereocenters. The molecule has 0 heterocycles. The van der Waals surface area contributed by atoms with Crippen LogP contribution in [0.5, 0.6) is 5.75 Å². The molecule has 0 atom stereocenters. The minimum Gasteiger partial charge on any atom is -0.507 e. The zero-order valence-electron chi connectivity index (χ0n) is 6.81. The van der Waals surface area contributed by atoms with Crippen molar-refractivity contribution in [2.24, 2.45) is 0 Å². The number of hydrogen-bond donors (Lipinski definition) is 1. The van der Waals surface area contributed by atoms with Gasteiger partial charge in [-0.05, 0) is 30.5 Å². The van der Waals surface area contributed by atoms with Crippen LogP contribution in [0.3, 0.4) is 0 Å². The van der Waals surface area contributed by atoms with Crippen molar-refractivity contribution in [3.63, 3.8) is 0 Å². The monoisotopic (exact) mass is 150 g/mol. The molecule has 0 aliphatic rings. The second-order valence-corrected chi connectivity index (χ2v) is 2.75. The molecule has 59 valence electrons. The number of phenolic OH excluding ortho intramolecular Hbond substituents is 1. The summed E-state index contributed by atoms with van der Waals surface area (Å²) in [4.78, 5) is 0. The first-order valence-corrected chi connectivity index (χ1v) is 3.59. The van der Waals surface area contributed by atoms with Gasteiger partial charge in [-0.3, -0.25) is 5.73 Å². The third-order valence-corrected chi connectivity index (χ3v) is 1.75. The van der Waals surface area contributed by atoms with Crippen LogP contribution in [-0.2, 0) is 6.54 Å². The first-order valence-electron chi connectivity index (χ1n) is 3.59. The summed E-state index contributed by atoms with van der Waals surface area (Å²) in [6, 6.07) is 3.69. The van der Waals surface area contributed by atoms with Gasteiger partial charge in [0.05, 0.1) is 0 Å². The lowest BCUT2D eigenvalue weighted by Crippen LogP contribution is -1.88. The highest BCUT2D eigenvalue weighted by atomic mass is 16.3. The quantitative estimate of drug-likeness (QED) is 0.651. The average Bonchev–Trinajstić information content (AvgIpc) is 1.99. The molecule has 0 spiro atoms. The summed E-state index contributed by atoms with van der Waals surface area (Å²) in [5, 5.41) is 9.37.